The van der Waals surface area contributed by atoms with Gasteiger partial charge in [0.2, 0.25) is 0 Å². The van der Waals surface area contributed by atoms with E-state index in [0.29, 0.717) is 42.2 Å². The third kappa shape index (κ3) is 5.77. The first-order valence-corrected chi connectivity index (χ1v) is 12.8. The number of carbonyl (C=O) groups is 2. The molecule has 1 unspecified atom stereocenters. The van der Waals surface area contributed by atoms with Crippen LogP contribution in [0.5, 0.6) is 11.5 Å². The molecule has 1 aliphatic carbocycles. The third-order valence-electron chi connectivity index (χ3n) is 6.97. The molecule has 7 heteroatoms. The molecule has 2 aromatic carbocycles. The average Bonchev–Trinajstić information content (AvgIpc) is 2.91. The minimum absolute atomic E-state index is 0.0618. The van der Waals surface area contributed by atoms with Gasteiger partial charge in [-0.25, -0.2) is 4.79 Å². The number of hydrogen-bond donors (Lipinski definition) is 0. The third-order valence-corrected chi connectivity index (χ3v) is 6.97. The van der Waals surface area contributed by atoms with Gasteiger partial charge in [-0.15, -0.1) is 0 Å². The molecule has 1 heterocycles. The van der Waals surface area contributed by atoms with E-state index in [4.69, 9.17) is 23.9 Å². The summed E-state index contributed by atoms with van der Waals surface area (Å²) in [7, 11) is 3.14. The number of methoxy groups -OCH3 is 2. The normalized spacial score (nSPS) is 21.2. The molecule has 0 N–H and O–H groups in total. The Kier molecular flexibility index (Phi) is 8.77. The number of ketones is 1. The van der Waals surface area contributed by atoms with E-state index in [1.165, 1.54) is 0 Å². The Bertz CT molecular complexity index is 1190. The fourth-order valence-electron chi connectivity index (χ4n) is 5.27. The van der Waals surface area contributed by atoms with Gasteiger partial charge in [-0.2, -0.15) is 0 Å². The van der Waals surface area contributed by atoms with Crippen LogP contribution < -0.4 is 9.47 Å². The van der Waals surface area contributed by atoms with Crippen molar-refractivity contribution in [3.63, 3.8) is 0 Å². The summed E-state index contributed by atoms with van der Waals surface area (Å²) in [6.45, 7) is 4.83. The van der Waals surface area contributed by atoms with Crippen molar-refractivity contribution in [2.24, 2.45) is 10.9 Å². The molecule has 0 saturated heterocycles. The molecule has 37 heavy (non-hydrogen) atoms. The van der Waals surface area contributed by atoms with Gasteiger partial charge in [0.15, 0.2) is 11.5 Å². The van der Waals surface area contributed by atoms with Crippen LogP contribution >= 0.6 is 0 Å². The van der Waals surface area contributed by atoms with Crippen LogP contribution in [0.2, 0.25) is 0 Å². The van der Waals surface area contributed by atoms with Gasteiger partial charge < -0.3 is 18.9 Å². The van der Waals surface area contributed by atoms with Crippen LogP contribution in [0.3, 0.4) is 0 Å². The zero-order valence-electron chi connectivity index (χ0n) is 22.0. The maximum atomic E-state index is 13.8. The second kappa shape index (κ2) is 12.2. The van der Waals surface area contributed by atoms with E-state index in [0.717, 1.165) is 23.3 Å². The van der Waals surface area contributed by atoms with Gasteiger partial charge in [0, 0.05) is 30.9 Å². The zero-order valence-corrected chi connectivity index (χ0v) is 22.0. The van der Waals surface area contributed by atoms with Crippen molar-refractivity contribution < 1.29 is 28.5 Å². The fourth-order valence-corrected chi connectivity index (χ4v) is 5.27. The summed E-state index contributed by atoms with van der Waals surface area (Å²) >= 11 is 0. The first-order valence-electron chi connectivity index (χ1n) is 12.8. The topological polar surface area (TPSA) is 83.4 Å². The molecule has 0 bridgehead atoms. The molecule has 0 radical (unpaired) electrons. The average molecular weight is 506 g/mol. The van der Waals surface area contributed by atoms with Crippen molar-refractivity contribution in [1.29, 1.82) is 0 Å². The highest BCUT2D eigenvalue weighted by Crippen LogP contribution is 2.47. The molecule has 0 spiro atoms. The first kappa shape index (κ1) is 26.6. The predicted molar refractivity (Wildman–Crippen MR) is 141 cm³/mol. The number of esters is 1. The fraction of sp³-hybridized carbons (Fsp3) is 0.433. The highest BCUT2D eigenvalue weighted by Gasteiger charge is 2.46. The van der Waals surface area contributed by atoms with Crippen LogP contribution in [-0.4, -0.2) is 51.5 Å². The molecule has 0 aromatic heterocycles. The molecule has 2 aromatic rings. The van der Waals surface area contributed by atoms with E-state index in [-0.39, 0.29) is 24.9 Å². The Labute approximate surface area is 218 Å². The Morgan fingerprint density at radius 2 is 1.73 bits per heavy atom. The van der Waals surface area contributed by atoms with E-state index in [2.05, 4.69) is 12.1 Å². The Morgan fingerprint density at radius 3 is 2.43 bits per heavy atom. The summed E-state index contributed by atoms with van der Waals surface area (Å²) in [5.74, 6) is -0.227. The molecule has 0 amide bonds. The van der Waals surface area contributed by atoms with Gasteiger partial charge >= 0.3 is 5.97 Å². The van der Waals surface area contributed by atoms with Crippen molar-refractivity contribution in [3.05, 3.63) is 70.9 Å². The molecule has 2 aliphatic rings. The van der Waals surface area contributed by atoms with Crippen LogP contribution in [0, 0.1) is 5.92 Å². The molecule has 7 nitrogen and oxygen atoms in total. The molecule has 196 valence electrons. The minimum atomic E-state index is -0.541. The van der Waals surface area contributed by atoms with Gasteiger partial charge in [0.25, 0.3) is 0 Å². The van der Waals surface area contributed by atoms with Crippen LogP contribution in [0.25, 0.3) is 0 Å². The lowest BCUT2D eigenvalue weighted by Gasteiger charge is -2.38. The number of hydrogen-bond acceptors (Lipinski definition) is 7. The van der Waals surface area contributed by atoms with Crippen molar-refractivity contribution >= 4 is 17.5 Å². The number of Topliss-reactive ketones (excluding diaryl/α,β-unsaturated/α-hetero) is 1. The second-order valence-electron chi connectivity index (χ2n) is 9.43. The summed E-state index contributed by atoms with van der Waals surface area (Å²) in [6.07, 6.45) is 1.92. The van der Waals surface area contributed by atoms with Gasteiger partial charge in [-0.05, 0) is 48.9 Å². The molecule has 1 aliphatic heterocycles. The standard InChI is InChI=1S/C30H35NO6/c1-5-13-36-25-12-11-21(18-26(25)35-4)28-27(30(33)37-15-14-34-3)19(2)31-23-16-22(17-24(32)29(23)28)20-9-7-6-8-10-20/h6-12,18,22,28-29H,5,13-17H2,1-4H3/t22-,28-,29?/m1/s1. The summed E-state index contributed by atoms with van der Waals surface area (Å²) in [4.78, 5) is 31.9. The summed E-state index contributed by atoms with van der Waals surface area (Å²) in [5, 5.41) is 0. The summed E-state index contributed by atoms with van der Waals surface area (Å²) in [5.41, 5.74) is 3.71. The number of nitrogens with zero attached hydrogens (tertiary/aromatic N) is 1. The number of allylic oxidation sites excluding steroid dienone is 1. The highest BCUT2D eigenvalue weighted by molar-refractivity contribution is 6.12. The Morgan fingerprint density at radius 1 is 0.946 bits per heavy atom. The van der Waals surface area contributed by atoms with E-state index in [1.807, 2.05) is 50.2 Å². The number of benzene rings is 2. The summed E-state index contributed by atoms with van der Waals surface area (Å²) < 4.78 is 22.0. The number of fused-ring (bicyclic) bond motifs is 1. The SMILES string of the molecule is CCCOc1ccc([C@@H]2C(C(=O)OCCOC)=C(C)N=C3C[C@@H](c4ccccc4)CC(=O)C32)cc1OC. The Balaban J connectivity index is 1.76. The number of ether oxygens (including phenoxy) is 4. The molecule has 3 atom stereocenters. The summed E-state index contributed by atoms with van der Waals surface area (Å²) in [6, 6.07) is 15.7. The van der Waals surface area contributed by atoms with Gasteiger partial charge in [-0.3, -0.25) is 9.79 Å². The maximum absolute atomic E-state index is 13.8. The smallest absolute Gasteiger partial charge is 0.336 e. The van der Waals surface area contributed by atoms with Crippen LogP contribution in [0.4, 0.5) is 0 Å². The van der Waals surface area contributed by atoms with Crippen molar-refractivity contribution in [2.45, 2.75) is 44.9 Å². The molecule has 1 fully saturated rings. The van der Waals surface area contributed by atoms with Gasteiger partial charge in [0.05, 0.1) is 31.8 Å². The molecule has 1 saturated carbocycles. The van der Waals surface area contributed by atoms with Crippen molar-refractivity contribution in [1.82, 2.24) is 0 Å². The number of aliphatic imine (C=N–C) groups is 1. The predicted octanol–water partition coefficient (Wildman–Crippen LogP) is 5.25. The highest BCUT2D eigenvalue weighted by atomic mass is 16.6. The van der Waals surface area contributed by atoms with Crippen LogP contribution in [-0.2, 0) is 19.1 Å². The largest absolute Gasteiger partial charge is 0.493 e. The second-order valence-corrected chi connectivity index (χ2v) is 9.43. The van der Waals surface area contributed by atoms with E-state index in [1.54, 1.807) is 14.2 Å². The maximum Gasteiger partial charge on any atom is 0.336 e. The van der Waals surface area contributed by atoms with Gasteiger partial charge in [-0.1, -0.05) is 43.3 Å². The van der Waals surface area contributed by atoms with E-state index in [9.17, 15) is 9.59 Å². The first-order chi connectivity index (χ1) is 18.0. The lowest BCUT2D eigenvalue weighted by Crippen LogP contribution is -2.41. The lowest BCUT2D eigenvalue weighted by atomic mass is 9.66. The lowest BCUT2D eigenvalue weighted by molar-refractivity contribution is -0.140. The molecular formula is C30H35NO6. The monoisotopic (exact) mass is 505 g/mol. The van der Waals surface area contributed by atoms with Crippen molar-refractivity contribution in [2.75, 3.05) is 34.0 Å². The Hall–Kier alpha value is -3.45. The van der Waals surface area contributed by atoms with Crippen molar-refractivity contribution in [3.8, 4) is 11.5 Å². The number of carbonyl (C=O) groups excluding carboxylic acids is 2. The van der Waals surface area contributed by atoms with E-state index >= 15 is 0 Å². The van der Waals surface area contributed by atoms with E-state index < -0.39 is 17.8 Å². The molecular weight excluding hydrogens is 470 g/mol. The number of rotatable bonds is 10. The minimum Gasteiger partial charge on any atom is -0.493 e. The van der Waals surface area contributed by atoms with Crippen LogP contribution in [0.1, 0.15) is 56.1 Å². The van der Waals surface area contributed by atoms with Gasteiger partial charge in [0.1, 0.15) is 12.4 Å². The molecule has 4 rings (SSSR count). The zero-order chi connectivity index (χ0) is 26.4. The van der Waals surface area contributed by atoms with Crippen LogP contribution in [0.15, 0.2) is 64.8 Å². The quantitative estimate of drug-likeness (QED) is 0.324.